The second-order valence-corrected chi connectivity index (χ2v) is 7.39. The van der Waals surface area contributed by atoms with Crippen LogP contribution in [0.4, 0.5) is 30.5 Å². The zero-order valence-electron chi connectivity index (χ0n) is 18.0. The zero-order chi connectivity index (χ0) is 24.1. The van der Waals surface area contributed by atoms with Gasteiger partial charge < -0.3 is 10.6 Å². The van der Waals surface area contributed by atoms with Crippen LogP contribution < -0.4 is 10.6 Å². The molecule has 0 aliphatic heterocycles. The van der Waals surface area contributed by atoms with Crippen LogP contribution >= 0.6 is 0 Å². The fourth-order valence-corrected chi connectivity index (χ4v) is 3.14. The van der Waals surface area contributed by atoms with Gasteiger partial charge in [0.25, 0.3) is 0 Å². The molecular formula is C23H20F3N7O. The summed E-state index contributed by atoms with van der Waals surface area (Å²) < 4.78 is 40.2. The zero-order valence-corrected chi connectivity index (χ0v) is 18.0. The minimum absolute atomic E-state index is 0.00132. The second kappa shape index (κ2) is 9.69. The van der Waals surface area contributed by atoms with E-state index in [0.29, 0.717) is 17.7 Å². The average molecular weight is 467 g/mol. The summed E-state index contributed by atoms with van der Waals surface area (Å²) in [6.07, 6.45) is 4.27. The summed E-state index contributed by atoms with van der Waals surface area (Å²) >= 11 is 0. The molecule has 0 unspecified atom stereocenters. The molecule has 0 aliphatic carbocycles. The predicted molar refractivity (Wildman–Crippen MR) is 120 cm³/mol. The number of benzene rings is 1. The first-order valence-corrected chi connectivity index (χ1v) is 10.3. The topological polar surface area (TPSA) is 97.6 Å². The molecule has 4 aromatic rings. The number of aryl methyl sites for hydroxylation is 1. The summed E-state index contributed by atoms with van der Waals surface area (Å²) in [5.74, 6) is -0.00388. The Hall–Kier alpha value is -4.28. The molecule has 0 spiro atoms. The molecule has 2 N–H and O–H groups in total. The molecule has 3 heterocycles. The van der Waals surface area contributed by atoms with Gasteiger partial charge in [-0.1, -0.05) is 24.3 Å². The van der Waals surface area contributed by atoms with Crippen molar-refractivity contribution in [2.24, 2.45) is 0 Å². The number of nitrogens with zero attached hydrogens (tertiary/aromatic N) is 5. The van der Waals surface area contributed by atoms with E-state index in [1.54, 1.807) is 35.4 Å². The third-order valence-electron chi connectivity index (χ3n) is 4.87. The lowest BCUT2D eigenvalue weighted by molar-refractivity contribution is -0.137. The Labute approximate surface area is 192 Å². The Morgan fingerprint density at radius 3 is 2.35 bits per heavy atom. The number of nitrogens with one attached hydrogen (secondary N) is 2. The van der Waals surface area contributed by atoms with E-state index in [4.69, 9.17) is 0 Å². The van der Waals surface area contributed by atoms with Gasteiger partial charge in [0.1, 0.15) is 0 Å². The number of alkyl halides is 3. The van der Waals surface area contributed by atoms with Gasteiger partial charge in [0.05, 0.1) is 35.8 Å². The number of carbonyl (C=O) groups is 1. The molecule has 0 atom stereocenters. The van der Waals surface area contributed by atoms with Crippen molar-refractivity contribution in [3.63, 3.8) is 0 Å². The summed E-state index contributed by atoms with van der Waals surface area (Å²) in [4.78, 5) is 24.4. The molecule has 0 saturated carbocycles. The summed E-state index contributed by atoms with van der Waals surface area (Å²) in [6.45, 7) is 2.76. The van der Waals surface area contributed by atoms with Crippen molar-refractivity contribution in [2.75, 3.05) is 10.6 Å². The smallest absolute Gasteiger partial charge is 0.324 e. The van der Waals surface area contributed by atoms with E-state index in [0.717, 1.165) is 29.4 Å². The molecule has 0 radical (unpaired) electrons. The van der Waals surface area contributed by atoms with Crippen LogP contribution in [0.25, 0.3) is 11.1 Å². The SMILES string of the molecule is CCn1cc(Nc2ncc(-c3ccc(CC(=O)Nc4cncc(C(F)(F)F)c4)cc3)cn2)cn1. The minimum Gasteiger partial charge on any atom is -0.324 e. The highest BCUT2D eigenvalue weighted by molar-refractivity contribution is 5.92. The van der Waals surface area contributed by atoms with Gasteiger partial charge in [0.15, 0.2) is 0 Å². The number of amides is 1. The molecule has 0 bridgehead atoms. The maximum atomic E-state index is 12.8. The summed E-state index contributed by atoms with van der Waals surface area (Å²) in [5, 5.41) is 9.71. The molecule has 3 aromatic heterocycles. The quantitative estimate of drug-likeness (QED) is 0.409. The lowest BCUT2D eigenvalue weighted by atomic mass is 10.0. The van der Waals surface area contributed by atoms with Crippen LogP contribution in [0.15, 0.2) is 67.5 Å². The first-order valence-electron chi connectivity index (χ1n) is 10.3. The third kappa shape index (κ3) is 5.74. The van der Waals surface area contributed by atoms with Crippen molar-refractivity contribution >= 4 is 23.2 Å². The number of hydrogen-bond donors (Lipinski definition) is 2. The van der Waals surface area contributed by atoms with Crippen LogP contribution in [-0.2, 0) is 23.9 Å². The van der Waals surface area contributed by atoms with Crippen molar-refractivity contribution in [3.8, 4) is 11.1 Å². The van der Waals surface area contributed by atoms with Gasteiger partial charge in [-0.2, -0.15) is 18.3 Å². The van der Waals surface area contributed by atoms with Crippen LogP contribution in [-0.4, -0.2) is 30.6 Å². The fraction of sp³-hybridized carbons (Fsp3) is 0.174. The molecule has 0 fully saturated rings. The molecule has 8 nitrogen and oxygen atoms in total. The Balaban J connectivity index is 1.36. The Bertz CT molecular complexity index is 1270. The molecule has 1 amide bonds. The molecule has 0 aliphatic rings. The van der Waals surface area contributed by atoms with Crippen LogP contribution in [0.3, 0.4) is 0 Å². The average Bonchev–Trinajstić information content (AvgIpc) is 3.27. The van der Waals surface area contributed by atoms with Gasteiger partial charge in [-0.25, -0.2) is 9.97 Å². The van der Waals surface area contributed by atoms with Gasteiger partial charge in [0.2, 0.25) is 11.9 Å². The Morgan fingerprint density at radius 1 is 0.971 bits per heavy atom. The van der Waals surface area contributed by atoms with E-state index in [1.165, 1.54) is 6.20 Å². The molecule has 4 rings (SSSR count). The highest BCUT2D eigenvalue weighted by Crippen LogP contribution is 2.30. The van der Waals surface area contributed by atoms with Crippen molar-refractivity contribution in [1.82, 2.24) is 24.7 Å². The van der Waals surface area contributed by atoms with Gasteiger partial charge >= 0.3 is 6.18 Å². The molecule has 11 heteroatoms. The van der Waals surface area contributed by atoms with Crippen molar-refractivity contribution in [1.29, 1.82) is 0 Å². The standard InChI is InChI=1S/C23H20F3N7O/c1-2-33-14-20(13-30-33)32-22-28-9-17(10-29-22)16-5-3-15(4-6-16)7-21(34)31-19-8-18(11-27-12-19)23(24,25)26/h3-6,8-14H,2,7H2,1H3,(H,31,34)(H,28,29,32). The lowest BCUT2D eigenvalue weighted by Gasteiger charge is -2.09. The number of hydrogen-bond acceptors (Lipinski definition) is 6. The van der Waals surface area contributed by atoms with E-state index in [2.05, 4.69) is 30.7 Å². The number of carbonyl (C=O) groups excluding carboxylic acids is 1. The van der Waals surface area contributed by atoms with Crippen LogP contribution in [0.5, 0.6) is 0 Å². The minimum atomic E-state index is -4.53. The van der Waals surface area contributed by atoms with Crippen molar-refractivity contribution in [2.45, 2.75) is 26.1 Å². The Kier molecular flexibility index (Phi) is 6.53. The van der Waals surface area contributed by atoms with Crippen LogP contribution in [0, 0.1) is 0 Å². The normalized spacial score (nSPS) is 11.3. The van der Waals surface area contributed by atoms with E-state index < -0.39 is 17.6 Å². The number of pyridine rings is 1. The van der Waals surface area contributed by atoms with E-state index in [-0.39, 0.29) is 12.1 Å². The van der Waals surface area contributed by atoms with Crippen LogP contribution in [0.1, 0.15) is 18.1 Å². The molecule has 174 valence electrons. The van der Waals surface area contributed by atoms with E-state index in [1.807, 2.05) is 25.3 Å². The molecular weight excluding hydrogens is 447 g/mol. The highest BCUT2D eigenvalue weighted by atomic mass is 19.4. The highest BCUT2D eigenvalue weighted by Gasteiger charge is 2.31. The van der Waals surface area contributed by atoms with E-state index >= 15 is 0 Å². The number of rotatable bonds is 7. The Morgan fingerprint density at radius 2 is 1.71 bits per heavy atom. The summed E-state index contributed by atoms with van der Waals surface area (Å²) in [6, 6.07) is 8.04. The number of halogens is 3. The summed E-state index contributed by atoms with van der Waals surface area (Å²) in [7, 11) is 0. The first kappa shape index (κ1) is 22.9. The monoisotopic (exact) mass is 467 g/mol. The van der Waals surface area contributed by atoms with Gasteiger partial charge in [0, 0.05) is 36.9 Å². The number of aromatic nitrogens is 5. The molecule has 1 aromatic carbocycles. The maximum absolute atomic E-state index is 12.8. The van der Waals surface area contributed by atoms with Gasteiger partial charge in [-0.05, 0) is 24.1 Å². The third-order valence-corrected chi connectivity index (χ3v) is 4.87. The van der Waals surface area contributed by atoms with Crippen molar-refractivity contribution < 1.29 is 18.0 Å². The van der Waals surface area contributed by atoms with Crippen LogP contribution in [0.2, 0.25) is 0 Å². The van der Waals surface area contributed by atoms with Gasteiger partial charge in [-0.15, -0.1) is 0 Å². The fourth-order valence-electron chi connectivity index (χ4n) is 3.14. The largest absolute Gasteiger partial charge is 0.417 e. The molecule has 34 heavy (non-hydrogen) atoms. The first-order chi connectivity index (χ1) is 16.3. The lowest BCUT2D eigenvalue weighted by Crippen LogP contribution is -2.15. The summed E-state index contributed by atoms with van der Waals surface area (Å²) in [5.41, 5.74) is 2.21. The predicted octanol–water partition coefficient (Wildman–Crippen LogP) is 4.70. The van der Waals surface area contributed by atoms with Gasteiger partial charge in [-0.3, -0.25) is 14.5 Å². The molecule has 0 saturated heterocycles. The van der Waals surface area contributed by atoms with E-state index in [9.17, 15) is 18.0 Å². The maximum Gasteiger partial charge on any atom is 0.417 e. The second-order valence-electron chi connectivity index (χ2n) is 7.39. The number of anilines is 3. The van der Waals surface area contributed by atoms with Crippen molar-refractivity contribution in [3.05, 3.63) is 78.6 Å².